The van der Waals surface area contributed by atoms with Crippen LogP contribution in [0.2, 0.25) is 0 Å². The maximum Gasteiger partial charge on any atom is 0.249 e. The van der Waals surface area contributed by atoms with Crippen molar-refractivity contribution in [1.29, 1.82) is 0 Å². The predicted octanol–water partition coefficient (Wildman–Crippen LogP) is 6.04. The topological polar surface area (TPSA) is 81.4 Å². The van der Waals surface area contributed by atoms with Crippen LogP contribution >= 0.6 is 0 Å². The third kappa shape index (κ3) is 5.40. The Bertz CT molecular complexity index is 1350. The summed E-state index contributed by atoms with van der Waals surface area (Å²) >= 11 is 0. The summed E-state index contributed by atoms with van der Waals surface area (Å²) in [4.78, 5) is 21.3. The van der Waals surface area contributed by atoms with Gasteiger partial charge in [-0.2, -0.15) is 4.98 Å². The molecule has 0 atom stereocenters. The van der Waals surface area contributed by atoms with E-state index in [-0.39, 0.29) is 17.2 Å². The van der Waals surface area contributed by atoms with Crippen molar-refractivity contribution in [2.45, 2.75) is 59.0 Å². The monoisotopic (exact) mass is 483 g/mol. The van der Waals surface area contributed by atoms with Crippen LogP contribution in [0.1, 0.15) is 58.2 Å². The lowest BCUT2D eigenvalue weighted by Crippen LogP contribution is -2.21. The molecule has 0 bridgehead atoms. The van der Waals surface area contributed by atoms with Crippen LogP contribution in [-0.4, -0.2) is 25.5 Å². The highest BCUT2D eigenvalue weighted by Gasteiger charge is 2.30. The Balaban J connectivity index is 1.25. The number of rotatable bonds is 9. The normalized spacial score (nSPS) is 13.8. The molecule has 3 heterocycles. The Morgan fingerprint density at radius 2 is 1.89 bits per heavy atom. The van der Waals surface area contributed by atoms with Crippen LogP contribution in [0.15, 0.2) is 60.8 Å². The molecule has 7 heteroatoms. The lowest BCUT2D eigenvalue weighted by Gasteiger charge is -2.26. The van der Waals surface area contributed by atoms with Crippen LogP contribution in [0.5, 0.6) is 5.75 Å². The SMILES string of the molecule is CC(C)CC(C)(C)c1ccc(COc2ccc(-c3cccc4nc(NC(=O)C5CC5)nn34)cc2)cn1. The molecule has 1 amide bonds. The average molecular weight is 484 g/mol. The molecule has 1 aliphatic carbocycles. The van der Waals surface area contributed by atoms with Gasteiger partial charge in [0.25, 0.3) is 0 Å². The molecule has 1 N–H and O–H groups in total. The van der Waals surface area contributed by atoms with Crippen LogP contribution in [0.4, 0.5) is 5.95 Å². The highest BCUT2D eigenvalue weighted by atomic mass is 16.5. The maximum atomic E-state index is 12.1. The van der Waals surface area contributed by atoms with Crippen LogP contribution in [0.25, 0.3) is 16.9 Å². The summed E-state index contributed by atoms with van der Waals surface area (Å²) in [7, 11) is 0. The van der Waals surface area contributed by atoms with E-state index in [4.69, 9.17) is 9.72 Å². The number of fused-ring (bicyclic) bond motifs is 1. The van der Waals surface area contributed by atoms with Crippen LogP contribution in [-0.2, 0) is 16.8 Å². The van der Waals surface area contributed by atoms with Crippen LogP contribution in [0.3, 0.4) is 0 Å². The summed E-state index contributed by atoms with van der Waals surface area (Å²) in [5.41, 5.74) is 4.77. The van der Waals surface area contributed by atoms with E-state index < -0.39 is 0 Å². The maximum absolute atomic E-state index is 12.1. The van der Waals surface area contributed by atoms with Crippen molar-refractivity contribution in [3.8, 4) is 17.0 Å². The zero-order valence-corrected chi connectivity index (χ0v) is 21.4. The summed E-state index contributed by atoms with van der Waals surface area (Å²) in [6.07, 6.45) is 4.89. The van der Waals surface area contributed by atoms with E-state index in [0.29, 0.717) is 24.1 Å². The van der Waals surface area contributed by atoms with Gasteiger partial charge in [0.15, 0.2) is 5.65 Å². The van der Waals surface area contributed by atoms with Gasteiger partial charge in [0.1, 0.15) is 12.4 Å². The van der Waals surface area contributed by atoms with Gasteiger partial charge in [-0.15, -0.1) is 5.10 Å². The van der Waals surface area contributed by atoms with Crippen molar-refractivity contribution in [2.24, 2.45) is 11.8 Å². The quantitative estimate of drug-likeness (QED) is 0.314. The smallest absolute Gasteiger partial charge is 0.249 e. The third-order valence-corrected chi connectivity index (χ3v) is 6.54. The van der Waals surface area contributed by atoms with E-state index >= 15 is 0 Å². The Hall–Kier alpha value is -3.74. The van der Waals surface area contributed by atoms with Crippen molar-refractivity contribution in [1.82, 2.24) is 19.6 Å². The number of aromatic nitrogens is 4. The van der Waals surface area contributed by atoms with E-state index in [2.05, 4.69) is 55.2 Å². The number of carbonyl (C=O) groups is 1. The summed E-state index contributed by atoms with van der Waals surface area (Å²) in [6, 6.07) is 17.9. The third-order valence-electron chi connectivity index (χ3n) is 6.54. The largest absolute Gasteiger partial charge is 0.489 e. The zero-order chi connectivity index (χ0) is 25.3. The first-order valence-electron chi connectivity index (χ1n) is 12.6. The van der Waals surface area contributed by atoms with Crippen molar-refractivity contribution < 1.29 is 9.53 Å². The van der Waals surface area contributed by atoms with Gasteiger partial charge in [0.05, 0.1) is 5.69 Å². The molecule has 0 unspecified atom stereocenters. The minimum atomic E-state index is -0.00179. The van der Waals surface area contributed by atoms with E-state index in [1.807, 2.05) is 48.7 Å². The van der Waals surface area contributed by atoms with Gasteiger partial charge in [0.2, 0.25) is 11.9 Å². The van der Waals surface area contributed by atoms with Gasteiger partial charge in [-0.1, -0.05) is 39.8 Å². The van der Waals surface area contributed by atoms with Gasteiger partial charge in [-0.05, 0) is 67.6 Å². The highest BCUT2D eigenvalue weighted by Crippen LogP contribution is 2.31. The number of anilines is 1. The zero-order valence-electron chi connectivity index (χ0n) is 21.4. The summed E-state index contributed by atoms with van der Waals surface area (Å²) in [5.74, 6) is 1.85. The Morgan fingerprint density at radius 1 is 1.11 bits per heavy atom. The fourth-order valence-electron chi connectivity index (χ4n) is 4.66. The summed E-state index contributed by atoms with van der Waals surface area (Å²) in [6.45, 7) is 9.44. The second-order valence-corrected chi connectivity index (χ2v) is 10.7. The summed E-state index contributed by atoms with van der Waals surface area (Å²) in [5, 5.41) is 7.34. The van der Waals surface area contributed by atoms with Gasteiger partial charge in [0, 0.05) is 34.4 Å². The Labute approximate surface area is 211 Å². The number of carbonyl (C=O) groups excluding carboxylic acids is 1. The second-order valence-electron chi connectivity index (χ2n) is 10.7. The number of hydrogen-bond donors (Lipinski definition) is 1. The van der Waals surface area contributed by atoms with Crippen molar-refractivity contribution in [2.75, 3.05) is 5.32 Å². The van der Waals surface area contributed by atoms with E-state index in [1.165, 1.54) is 0 Å². The lowest BCUT2D eigenvalue weighted by atomic mass is 9.81. The minimum Gasteiger partial charge on any atom is -0.489 e. The predicted molar refractivity (Wildman–Crippen MR) is 141 cm³/mol. The molecule has 4 aromatic rings. The van der Waals surface area contributed by atoms with Crippen molar-refractivity contribution in [3.63, 3.8) is 0 Å². The lowest BCUT2D eigenvalue weighted by molar-refractivity contribution is -0.117. The van der Waals surface area contributed by atoms with Crippen molar-refractivity contribution >= 4 is 17.5 Å². The minimum absolute atomic E-state index is 0.00179. The average Bonchev–Trinajstić information content (AvgIpc) is 3.62. The van der Waals surface area contributed by atoms with Crippen molar-refractivity contribution in [3.05, 3.63) is 72.1 Å². The molecule has 7 nitrogen and oxygen atoms in total. The first-order valence-corrected chi connectivity index (χ1v) is 12.6. The molecule has 36 heavy (non-hydrogen) atoms. The summed E-state index contributed by atoms with van der Waals surface area (Å²) < 4.78 is 7.77. The van der Waals surface area contributed by atoms with E-state index in [0.717, 1.165) is 47.5 Å². The number of nitrogens with one attached hydrogen (secondary N) is 1. The van der Waals surface area contributed by atoms with E-state index in [1.54, 1.807) is 4.52 Å². The molecule has 1 aromatic carbocycles. The number of amides is 1. The molecular weight excluding hydrogens is 450 g/mol. The number of hydrogen-bond acceptors (Lipinski definition) is 5. The number of nitrogens with zero attached hydrogens (tertiary/aromatic N) is 4. The molecule has 0 spiro atoms. The standard InChI is InChI=1S/C29H33N5O2/c1-19(2)16-29(3,4)25-15-8-20(17-30-25)18-36-23-13-11-21(12-14-23)24-6-5-7-26-31-28(33-34(24)26)32-27(35)22-9-10-22/h5-8,11-15,17,19,22H,9-10,16,18H2,1-4H3,(H,32,33,35). The second kappa shape index (κ2) is 9.72. The van der Waals surface area contributed by atoms with Gasteiger partial charge >= 0.3 is 0 Å². The first-order chi connectivity index (χ1) is 17.3. The van der Waals surface area contributed by atoms with Gasteiger partial charge in [-0.25, -0.2) is 4.52 Å². The number of benzene rings is 1. The molecule has 1 saturated carbocycles. The van der Waals surface area contributed by atoms with E-state index in [9.17, 15) is 4.79 Å². The number of pyridine rings is 2. The molecule has 0 aliphatic heterocycles. The van der Waals surface area contributed by atoms with Gasteiger partial charge in [-0.3, -0.25) is 15.1 Å². The fourth-order valence-corrected chi connectivity index (χ4v) is 4.66. The highest BCUT2D eigenvalue weighted by molar-refractivity contribution is 5.92. The Morgan fingerprint density at radius 3 is 2.56 bits per heavy atom. The molecule has 3 aromatic heterocycles. The molecule has 5 rings (SSSR count). The molecule has 1 aliphatic rings. The van der Waals surface area contributed by atoms with Gasteiger partial charge < -0.3 is 4.74 Å². The number of ether oxygens (including phenoxy) is 1. The molecule has 0 saturated heterocycles. The first kappa shape index (κ1) is 24.0. The molecular formula is C29H33N5O2. The van der Waals surface area contributed by atoms with Crippen LogP contribution < -0.4 is 10.1 Å². The molecule has 186 valence electrons. The fraction of sp³-hybridized carbons (Fsp3) is 0.379. The molecule has 1 fully saturated rings. The van der Waals surface area contributed by atoms with Crippen LogP contribution in [0, 0.1) is 11.8 Å². The molecule has 0 radical (unpaired) electrons. The Kier molecular flexibility index (Phi) is 6.48.